The van der Waals surface area contributed by atoms with Crippen LogP contribution in [0.1, 0.15) is 42.6 Å². The van der Waals surface area contributed by atoms with Gasteiger partial charge in [0.25, 0.3) is 0 Å². The van der Waals surface area contributed by atoms with Gasteiger partial charge in [-0.15, -0.1) is 0 Å². The molecule has 2 N–H and O–H groups in total. The molecule has 0 aliphatic rings. The molecule has 0 spiro atoms. The first-order chi connectivity index (χ1) is 16.0. The Morgan fingerprint density at radius 1 is 1.00 bits per heavy atom. The molecule has 7 heteroatoms. The standard InChI is InChI=1S/C26H27ClN2O4/c1-2-32-23-13-7-21(8-14-23)25(30)15-16-26(31)29-28-17-19-5-11-24(12-6-19)33-18-20-3-9-22(27)10-4-20/h3-14,17,25,30H,2,15-16,18H2,1H3,(H,29,31)/b28-17-/t25-/m1/s1. The molecule has 0 radical (unpaired) electrons. The lowest BCUT2D eigenvalue weighted by molar-refractivity contribution is -0.121. The highest BCUT2D eigenvalue weighted by molar-refractivity contribution is 6.30. The minimum Gasteiger partial charge on any atom is -0.494 e. The molecule has 0 fully saturated rings. The number of benzene rings is 3. The van der Waals surface area contributed by atoms with Crippen molar-refractivity contribution in [2.24, 2.45) is 5.10 Å². The van der Waals surface area contributed by atoms with Crippen molar-refractivity contribution < 1.29 is 19.4 Å². The second kappa shape index (κ2) is 12.6. The quantitative estimate of drug-likeness (QED) is 0.297. The third-order valence-corrected chi connectivity index (χ3v) is 5.07. The van der Waals surface area contributed by atoms with Gasteiger partial charge in [-0.05, 0) is 78.6 Å². The van der Waals surface area contributed by atoms with Crippen LogP contribution < -0.4 is 14.9 Å². The summed E-state index contributed by atoms with van der Waals surface area (Å²) in [6, 6.07) is 22.1. The SMILES string of the molecule is CCOc1ccc([C@H](O)CCC(=O)N/N=C\c2ccc(OCc3ccc(Cl)cc3)cc2)cc1. The molecule has 0 aliphatic heterocycles. The summed E-state index contributed by atoms with van der Waals surface area (Å²) in [7, 11) is 0. The fourth-order valence-corrected chi connectivity index (χ4v) is 3.15. The van der Waals surface area contributed by atoms with Crippen LogP contribution in [0.15, 0.2) is 77.9 Å². The molecule has 0 heterocycles. The number of carbonyl (C=O) groups excluding carboxylic acids is 1. The number of hydrazone groups is 1. The van der Waals surface area contributed by atoms with E-state index in [1.165, 1.54) is 0 Å². The van der Waals surface area contributed by atoms with Crippen LogP contribution in [0, 0.1) is 0 Å². The van der Waals surface area contributed by atoms with Crippen molar-refractivity contribution in [2.45, 2.75) is 32.5 Å². The highest BCUT2D eigenvalue weighted by Gasteiger charge is 2.10. The minimum absolute atomic E-state index is 0.156. The van der Waals surface area contributed by atoms with Crippen molar-refractivity contribution in [1.29, 1.82) is 0 Å². The van der Waals surface area contributed by atoms with E-state index in [1.54, 1.807) is 30.5 Å². The van der Waals surface area contributed by atoms with Gasteiger partial charge in [-0.25, -0.2) is 5.43 Å². The topological polar surface area (TPSA) is 80.2 Å². The molecule has 1 atom stereocenters. The molecule has 3 aromatic carbocycles. The molecule has 0 unspecified atom stereocenters. The highest BCUT2D eigenvalue weighted by atomic mass is 35.5. The van der Waals surface area contributed by atoms with Gasteiger partial charge in [0.2, 0.25) is 5.91 Å². The summed E-state index contributed by atoms with van der Waals surface area (Å²) >= 11 is 5.88. The maximum atomic E-state index is 12.0. The molecular formula is C26H27ClN2O4. The Bertz CT molecular complexity index is 1040. The van der Waals surface area contributed by atoms with Gasteiger partial charge in [0.15, 0.2) is 0 Å². The van der Waals surface area contributed by atoms with E-state index in [4.69, 9.17) is 21.1 Å². The highest BCUT2D eigenvalue weighted by Crippen LogP contribution is 2.21. The zero-order chi connectivity index (χ0) is 23.5. The summed E-state index contributed by atoms with van der Waals surface area (Å²) < 4.78 is 11.1. The number of ether oxygens (including phenoxy) is 2. The zero-order valence-electron chi connectivity index (χ0n) is 18.4. The molecular weight excluding hydrogens is 440 g/mol. The predicted octanol–water partition coefficient (Wildman–Crippen LogP) is 5.28. The Balaban J connectivity index is 1.39. The minimum atomic E-state index is -0.726. The van der Waals surface area contributed by atoms with Crippen molar-refractivity contribution in [3.63, 3.8) is 0 Å². The molecule has 6 nitrogen and oxygen atoms in total. The Kier molecular flexibility index (Phi) is 9.30. The van der Waals surface area contributed by atoms with E-state index in [0.717, 1.165) is 28.2 Å². The molecule has 0 saturated heterocycles. The Morgan fingerprint density at radius 2 is 1.64 bits per heavy atom. The summed E-state index contributed by atoms with van der Waals surface area (Å²) in [6.07, 6.45) is 1.29. The van der Waals surface area contributed by atoms with Gasteiger partial charge in [0.05, 0.1) is 18.9 Å². The van der Waals surface area contributed by atoms with Gasteiger partial charge in [-0.2, -0.15) is 5.10 Å². The average molecular weight is 467 g/mol. The third kappa shape index (κ3) is 8.25. The molecule has 0 aliphatic carbocycles. The van der Waals surface area contributed by atoms with Crippen LogP contribution in [-0.2, 0) is 11.4 Å². The summed E-state index contributed by atoms with van der Waals surface area (Å²) in [5.74, 6) is 1.22. The number of nitrogens with zero attached hydrogens (tertiary/aromatic N) is 1. The van der Waals surface area contributed by atoms with E-state index < -0.39 is 6.10 Å². The molecule has 1 amide bonds. The number of carbonyl (C=O) groups is 1. The van der Waals surface area contributed by atoms with Crippen LogP contribution in [0.25, 0.3) is 0 Å². The van der Waals surface area contributed by atoms with Gasteiger partial charge in [0, 0.05) is 11.4 Å². The van der Waals surface area contributed by atoms with Crippen molar-refractivity contribution in [3.05, 3.63) is 94.5 Å². The Hall–Kier alpha value is -3.35. The normalized spacial score (nSPS) is 11.8. The number of rotatable bonds is 11. The maximum absolute atomic E-state index is 12.0. The first kappa shape index (κ1) is 24.3. The van der Waals surface area contributed by atoms with Crippen molar-refractivity contribution in [2.75, 3.05) is 6.61 Å². The van der Waals surface area contributed by atoms with Gasteiger partial charge >= 0.3 is 0 Å². The molecule has 33 heavy (non-hydrogen) atoms. The monoisotopic (exact) mass is 466 g/mol. The molecule has 3 aromatic rings. The van der Waals surface area contributed by atoms with Crippen LogP contribution in [0.2, 0.25) is 5.02 Å². The van der Waals surface area contributed by atoms with Gasteiger partial charge in [-0.3, -0.25) is 4.79 Å². The second-order valence-corrected chi connectivity index (χ2v) is 7.77. The van der Waals surface area contributed by atoms with Crippen LogP contribution in [0.4, 0.5) is 0 Å². The van der Waals surface area contributed by atoms with Gasteiger partial charge < -0.3 is 14.6 Å². The average Bonchev–Trinajstić information content (AvgIpc) is 2.84. The fourth-order valence-electron chi connectivity index (χ4n) is 3.02. The third-order valence-electron chi connectivity index (χ3n) is 4.82. The van der Waals surface area contributed by atoms with E-state index in [2.05, 4.69) is 10.5 Å². The largest absolute Gasteiger partial charge is 0.494 e. The number of amides is 1. The fraction of sp³-hybridized carbons (Fsp3) is 0.231. The maximum Gasteiger partial charge on any atom is 0.240 e. The van der Waals surface area contributed by atoms with Crippen LogP contribution in [0.5, 0.6) is 11.5 Å². The van der Waals surface area contributed by atoms with E-state index >= 15 is 0 Å². The number of aliphatic hydroxyl groups excluding tert-OH is 1. The van der Waals surface area contributed by atoms with E-state index in [1.807, 2.05) is 55.5 Å². The molecule has 0 aromatic heterocycles. The van der Waals surface area contributed by atoms with Crippen molar-refractivity contribution >= 4 is 23.7 Å². The summed E-state index contributed by atoms with van der Waals surface area (Å²) in [5, 5.41) is 14.9. The van der Waals surface area contributed by atoms with Crippen LogP contribution in [0.3, 0.4) is 0 Å². The molecule has 3 rings (SSSR count). The van der Waals surface area contributed by atoms with Crippen LogP contribution >= 0.6 is 11.6 Å². The zero-order valence-corrected chi connectivity index (χ0v) is 19.2. The van der Waals surface area contributed by atoms with Gasteiger partial charge in [-0.1, -0.05) is 35.9 Å². The number of aliphatic hydroxyl groups is 1. The second-order valence-electron chi connectivity index (χ2n) is 7.33. The summed E-state index contributed by atoms with van der Waals surface area (Å²) in [4.78, 5) is 12.0. The van der Waals surface area contributed by atoms with Crippen molar-refractivity contribution in [1.82, 2.24) is 5.43 Å². The van der Waals surface area contributed by atoms with Crippen molar-refractivity contribution in [3.8, 4) is 11.5 Å². The number of hydrogen-bond donors (Lipinski definition) is 2. The lowest BCUT2D eigenvalue weighted by Gasteiger charge is -2.11. The predicted molar refractivity (Wildman–Crippen MR) is 130 cm³/mol. The van der Waals surface area contributed by atoms with E-state index in [-0.39, 0.29) is 12.3 Å². The Morgan fingerprint density at radius 3 is 2.30 bits per heavy atom. The molecule has 0 saturated carbocycles. The lowest BCUT2D eigenvalue weighted by atomic mass is 10.0. The van der Waals surface area contributed by atoms with E-state index in [0.29, 0.717) is 24.7 Å². The lowest BCUT2D eigenvalue weighted by Crippen LogP contribution is -2.18. The number of nitrogens with one attached hydrogen (secondary N) is 1. The van der Waals surface area contributed by atoms with E-state index in [9.17, 15) is 9.90 Å². The number of hydrogen-bond acceptors (Lipinski definition) is 5. The molecule has 0 bridgehead atoms. The van der Waals surface area contributed by atoms with Gasteiger partial charge in [0.1, 0.15) is 18.1 Å². The smallest absolute Gasteiger partial charge is 0.240 e. The summed E-state index contributed by atoms with van der Waals surface area (Å²) in [5.41, 5.74) is 5.08. The summed E-state index contributed by atoms with van der Waals surface area (Å²) in [6.45, 7) is 2.95. The Labute approximate surface area is 198 Å². The van der Waals surface area contributed by atoms with Crippen LogP contribution in [-0.4, -0.2) is 23.8 Å². The first-order valence-electron chi connectivity index (χ1n) is 10.7. The first-order valence-corrected chi connectivity index (χ1v) is 11.1. The molecule has 172 valence electrons. The number of halogens is 1.